The smallest absolute Gasteiger partial charge is 0.396 e. The van der Waals surface area contributed by atoms with Crippen LogP contribution in [-0.4, -0.2) is 16.0 Å². The van der Waals surface area contributed by atoms with Gasteiger partial charge in [0.15, 0.2) is 0 Å². The van der Waals surface area contributed by atoms with Crippen LogP contribution in [0.15, 0.2) is 24.5 Å². The fourth-order valence-electron chi connectivity index (χ4n) is 1.77. The maximum atomic E-state index is 13.2. The molecule has 0 atom stereocenters. The molecule has 102 valence electrons. The van der Waals surface area contributed by atoms with E-state index in [9.17, 15) is 17.6 Å². The first-order chi connectivity index (χ1) is 8.76. The molecule has 0 aliphatic rings. The molecular formula is C12H11F4N3. The van der Waals surface area contributed by atoms with E-state index in [0.717, 1.165) is 4.68 Å². The third-order valence-corrected chi connectivity index (χ3v) is 2.63. The highest BCUT2D eigenvalue weighted by Crippen LogP contribution is 2.27. The average molecular weight is 273 g/mol. The zero-order valence-electron chi connectivity index (χ0n) is 10.0. The summed E-state index contributed by atoms with van der Waals surface area (Å²) in [6.45, 7) is 0.488. The number of hydrogen-bond acceptors (Lipinski definition) is 2. The number of halogens is 4. The molecule has 0 saturated heterocycles. The molecule has 1 aromatic heterocycles. The molecule has 7 heteroatoms. The van der Waals surface area contributed by atoms with E-state index in [4.69, 9.17) is 5.73 Å². The monoisotopic (exact) mass is 273 g/mol. The SMILES string of the molecule is Cc1cc(F)c(N)cc1-c1cnn(CC(F)(F)F)c1. The van der Waals surface area contributed by atoms with Gasteiger partial charge in [-0.25, -0.2) is 4.39 Å². The van der Waals surface area contributed by atoms with Crippen LogP contribution in [0.5, 0.6) is 0 Å². The molecule has 0 aliphatic carbocycles. The fraction of sp³-hybridized carbons (Fsp3) is 0.250. The normalized spacial score (nSPS) is 11.8. The number of benzene rings is 1. The van der Waals surface area contributed by atoms with Crippen molar-refractivity contribution in [3.05, 3.63) is 35.9 Å². The highest BCUT2D eigenvalue weighted by molar-refractivity contribution is 5.70. The molecule has 2 N–H and O–H groups in total. The van der Waals surface area contributed by atoms with Crippen molar-refractivity contribution in [2.24, 2.45) is 0 Å². The minimum Gasteiger partial charge on any atom is -0.396 e. The van der Waals surface area contributed by atoms with Crippen LogP contribution in [-0.2, 0) is 6.54 Å². The summed E-state index contributed by atoms with van der Waals surface area (Å²) in [5.74, 6) is -0.552. The van der Waals surface area contributed by atoms with E-state index in [0.29, 0.717) is 16.7 Å². The van der Waals surface area contributed by atoms with Crippen LogP contribution in [0, 0.1) is 12.7 Å². The molecule has 3 nitrogen and oxygen atoms in total. The van der Waals surface area contributed by atoms with Gasteiger partial charge in [0.25, 0.3) is 0 Å². The topological polar surface area (TPSA) is 43.8 Å². The van der Waals surface area contributed by atoms with Gasteiger partial charge in [0.2, 0.25) is 0 Å². The Bertz CT molecular complexity index is 602. The van der Waals surface area contributed by atoms with Crippen LogP contribution in [0.2, 0.25) is 0 Å². The van der Waals surface area contributed by atoms with Gasteiger partial charge < -0.3 is 5.73 Å². The first kappa shape index (κ1) is 13.4. The lowest BCUT2D eigenvalue weighted by molar-refractivity contribution is -0.142. The number of nitrogen functional groups attached to an aromatic ring is 1. The number of rotatable bonds is 2. The van der Waals surface area contributed by atoms with Crippen molar-refractivity contribution >= 4 is 5.69 Å². The Morgan fingerprint density at radius 2 is 2.00 bits per heavy atom. The van der Waals surface area contributed by atoms with E-state index in [1.54, 1.807) is 6.92 Å². The van der Waals surface area contributed by atoms with Gasteiger partial charge in [-0.05, 0) is 30.2 Å². The van der Waals surface area contributed by atoms with E-state index >= 15 is 0 Å². The zero-order valence-corrected chi connectivity index (χ0v) is 10.0. The Labute approximate surface area is 106 Å². The quantitative estimate of drug-likeness (QED) is 0.674. The minimum absolute atomic E-state index is 0.0517. The summed E-state index contributed by atoms with van der Waals surface area (Å²) < 4.78 is 50.7. The van der Waals surface area contributed by atoms with Crippen LogP contribution < -0.4 is 5.73 Å². The van der Waals surface area contributed by atoms with E-state index in [1.165, 1.54) is 24.5 Å². The Balaban J connectivity index is 2.36. The number of anilines is 1. The maximum absolute atomic E-state index is 13.2. The summed E-state index contributed by atoms with van der Waals surface area (Å²) in [4.78, 5) is 0. The minimum atomic E-state index is -4.33. The van der Waals surface area contributed by atoms with E-state index in [-0.39, 0.29) is 5.69 Å². The predicted molar refractivity (Wildman–Crippen MR) is 62.8 cm³/mol. The highest BCUT2D eigenvalue weighted by atomic mass is 19.4. The third-order valence-electron chi connectivity index (χ3n) is 2.63. The van der Waals surface area contributed by atoms with Crippen LogP contribution in [0.25, 0.3) is 11.1 Å². The van der Waals surface area contributed by atoms with Crippen molar-refractivity contribution in [2.75, 3.05) is 5.73 Å². The van der Waals surface area contributed by atoms with Crippen molar-refractivity contribution in [3.8, 4) is 11.1 Å². The Morgan fingerprint density at radius 1 is 1.32 bits per heavy atom. The second kappa shape index (κ2) is 4.56. The van der Waals surface area contributed by atoms with Crippen LogP contribution in [0.3, 0.4) is 0 Å². The fourth-order valence-corrected chi connectivity index (χ4v) is 1.77. The van der Waals surface area contributed by atoms with Gasteiger partial charge in [-0.2, -0.15) is 18.3 Å². The van der Waals surface area contributed by atoms with Crippen molar-refractivity contribution in [3.63, 3.8) is 0 Å². The van der Waals surface area contributed by atoms with Crippen LogP contribution >= 0.6 is 0 Å². The lowest BCUT2D eigenvalue weighted by Crippen LogP contribution is -2.17. The number of hydrogen-bond donors (Lipinski definition) is 1. The summed E-state index contributed by atoms with van der Waals surface area (Å²) in [7, 11) is 0. The van der Waals surface area contributed by atoms with Crippen LogP contribution in [0.1, 0.15) is 5.56 Å². The van der Waals surface area contributed by atoms with Crippen molar-refractivity contribution in [1.29, 1.82) is 0 Å². The molecule has 2 rings (SSSR count). The molecule has 2 aromatic rings. The summed E-state index contributed by atoms with van der Waals surface area (Å²) in [5.41, 5.74) is 7.01. The Morgan fingerprint density at radius 3 is 2.63 bits per heavy atom. The predicted octanol–water partition coefficient (Wildman–Crippen LogP) is 3.14. The van der Waals surface area contributed by atoms with Gasteiger partial charge in [0.05, 0.1) is 11.9 Å². The number of nitrogens with zero attached hydrogens (tertiary/aromatic N) is 2. The molecular weight excluding hydrogens is 262 g/mol. The highest BCUT2D eigenvalue weighted by Gasteiger charge is 2.28. The van der Waals surface area contributed by atoms with Gasteiger partial charge in [-0.1, -0.05) is 0 Å². The van der Waals surface area contributed by atoms with Crippen molar-refractivity contribution < 1.29 is 17.6 Å². The molecule has 1 heterocycles. The molecule has 0 aliphatic heterocycles. The van der Waals surface area contributed by atoms with Gasteiger partial charge in [0, 0.05) is 11.8 Å². The largest absolute Gasteiger partial charge is 0.408 e. The van der Waals surface area contributed by atoms with Gasteiger partial charge in [-0.15, -0.1) is 0 Å². The number of alkyl halides is 3. The number of aromatic nitrogens is 2. The molecule has 0 spiro atoms. The molecule has 0 amide bonds. The average Bonchev–Trinajstić information content (AvgIpc) is 2.69. The summed E-state index contributed by atoms with van der Waals surface area (Å²) >= 11 is 0. The van der Waals surface area contributed by atoms with Crippen molar-refractivity contribution in [1.82, 2.24) is 9.78 Å². The number of aryl methyl sites for hydroxylation is 1. The molecule has 0 unspecified atom stereocenters. The van der Waals surface area contributed by atoms with Crippen molar-refractivity contribution in [2.45, 2.75) is 19.6 Å². The summed E-state index contributed by atoms with van der Waals surface area (Å²) in [6.07, 6.45) is -1.78. The van der Waals surface area contributed by atoms with Gasteiger partial charge in [0.1, 0.15) is 12.4 Å². The van der Waals surface area contributed by atoms with Gasteiger partial charge in [-0.3, -0.25) is 4.68 Å². The molecule has 0 radical (unpaired) electrons. The Hall–Kier alpha value is -2.05. The lowest BCUT2D eigenvalue weighted by atomic mass is 10.0. The Kier molecular flexibility index (Phi) is 3.21. The van der Waals surface area contributed by atoms with E-state index < -0.39 is 18.5 Å². The number of nitrogens with two attached hydrogens (primary N) is 1. The van der Waals surface area contributed by atoms with E-state index in [1.807, 2.05) is 0 Å². The third kappa shape index (κ3) is 3.04. The first-order valence-corrected chi connectivity index (χ1v) is 5.41. The maximum Gasteiger partial charge on any atom is 0.408 e. The second-order valence-electron chi connectivity index (χ2n) is 4.23. The molecule has 19 heavy (non-hydrogen) atoms. The zero-order chi connectivity index (χ0) is 14.2. The molecule has 0 fully saturated rings. The summed E-state index contributed by atoms with van der Waals surface area (Å²) in [5, 5.41) is 3.63. The first-order valence-electron chi connectivity index (χ1n) is 5.41. The summed E-state index contributed by atoms with van der Waals surface area (Å²) in [6, 6.07) is 2.63. The van der Waals surface area contributed by atoms with E-state index in [2.05, 4.69) is 5.10 Å². The lowest BCUT2D eigenvalue weighted by Gasteiger charge is -2.07. The standard InChI is InChI=1S/C12H11F4N3/c1-7-2-10(13)11(17)3-9(7)8-4-18-19(5-8)6-12(14,15)16/h2-5H,6,17H2,1H3. The molecule has 0 bridgehead atoms. The molecule has 0 saturated carbocycles. The van der Waals surface area contributed by atoms with Crippen LogP contribution in [0.4, 0.5) is 23.2 Å². The second-order valence-corrected chi connectivity index (χ2v) is 4.23. The molecule has 1 aromatic carbocycles. The van der Waals surface area contributed by atoms with Gasteiger partial charge >= 0.3 is 6.18 Å².